The zero-order valence-corrected chi connectivity index (χ0v) is 17.9. The third-order valence-corrected chi connectivity index (χ3v) is 7.24. The van der Waals surface area contributed by atoms with Crippen molar-refractivity contribution in [1.82, 2.24) is 4.90 Å². The molecule has 0 radical (unpaired) electrons. The first-order chi connectivity index (χ1) is 11.6. The van der Waals surface area contributed by atoms with Gasteiger partial charge in [-0.05, 0) is 53.1 Å². The monoisotopic (exact) mass is 360 g/mol. The molecule has 0 aliphatic rings. The number of hydrogen-bond donors (Lipinski definition) is 0. The van der Waals surface area contributed by atoms with E-state index in [-0.39, 0.29) is 0 Å². The van der Waals surface area contributed by atoms with Gasteiger partial charge in [-0.2, -0.15) is 0 Å². The summed E-state index contributed by atoms with van der Waals surface area (Å²) in [6.45, 7) is 18.7. The molecule has 0 rings (SSSR count). The van der Waals surface area contributed by atoms with E-state index in [1.165, 1.54) is 5.71 Å². The Morgan fingerprint density at radius 2 is 1.42 bits per heavy atom. The molecule has 0 N–H and O–H groups in total. The van der Waals surface area contributed by atoms with E-state index in [1.807, 2.05) is 20.8 Å². The predicted molar refractivity (Wildman–Crippen MR) is 105 cm³/mol. The number of nitrogens with zero attached hydrogens (tertiary/aromatic N) is 2. The van der Waals surface area contributed by atoms with Crippen molar-refractivity contribution in [3.8, 4) is 0 Å². The fourth-order valence-electron chi connectivity index (χ4n) is 2.73. The van der Waals surface area contributed by atoms with Crippen molar-refractivity contribution in [2.45, 2.75) is 66.8 Å². The van der Waals surface area contributed by atoms with Gasteiger partial charge in [-0.3, -0.25) is 4.99 Å². The summed E-state index contributed by atoms with van der Waals surface area (Å²) in [6.07, 6.45) is 3.07. The lowest BCUT2D eigenvalue weighted by Crippen LogP contribution is -2.46. The average molecular weight is 361 g/mol. The van der Waals surface area contributed by atoms with Crippen molar-refractivity contribution >= 4 is 14.5 Å². The van der Waals surface area contributed by atoms with Crippen LogP contribution >= 0.6 is 0 Å². The molecular weight excluding hydrogens is 320 g/mol. The molecule has 24 heavy (non-hydrogen) atoms. The van der Waals surface area contributed by atoms with Crippen LogP contribution in [-0.2, 0) is 13.3 Å². The molecule has 0 aromatic carbocycles. The van der Waals surface area contributed by atoms with Gasteiger partial charge in [0.05, 0.1) is 0 Å². The third-order valence-electron chi connectivity index (χ3n) is 4.09. The van der Waals surface area contributed by atoms with Crippen LogP contribution in [0.3, 0.4) is 0 Å². The Kier molecular flexibility index (Phi) is 14.8. The highest BCUT2D eigenvalue weighted by atomic mass is 28.4. The Labute approximate surface area is 151 Å². The van der Waals surface area contributed by atoms with Crippen LogP contribution in [0.2, 0.25) is 6.04 Å². The topological polar surface area (TPSA) is 43.3 Å². The molecule has 0 atom stereocenters. The summed E-state index contributed by atoms with van der Waals surface area (Å²) in [6, 6.07) is 0.846. The number of hydrogen-bond acceptors (Lipinski definition) is 5. The molecule has 0 fully saturated rings. The van der Waals surface area contributed by atoms with Gasteiger partial charge in [0.2, 0.25) is 0 Å². The second kappa shape index (κ2) is 15.0. The van der Waals surface area contributed by atoms with Crippen molar-refractivity contribution in [3.05, 3.63) is 0 Å². The first-order valence-electron chi connectivity index (χ1n) is 9.77. The van der Waals surface area contributed by atoms with E-state index >= 15 is 0 Å². The van der Waals surface area contributed by atoms with Gasteiger partial charge >= 0.3 is 8.80 Å². The summed E-state index contributed by atoms with van der Waals surface area (Å²) in [5.41, 5.74) is 1.32. The van der Waals surface area contributed by atoms with E-state index in [0.717, 1.165) is 51.5 Å². The van der Waals surface area contributed by atoms with Crippen LogP contribution in [-0.4, -0.2) is 65.4 Å². The maximum atomic E-state index is 5.89. The summed E-state index contributed by atoms with van der Waals surface area (Å²) in [4.78, 5) is 7.26. The van der Waals surface area contributed by atoms with Gasteiger partial charge in [-0.1, -0.05) is 20.8 Å². The summed E-state index contributed by atoms with van der Waals surface area (Å²) < 4.78 is 17.7. The Hall–Kier alpha value is -0.273. The molecule has 0 heterocycles. The molecule has 144 valence electrons. The van der Waals surface area contributed by atoms with E-state index in [2.05, 4.69) is 25.7 Å². The molecule has 0 aromatic heterocycles. The maximum absolute atomic E-state index is 5.89. The van der Waals surface area contributed by atoms with Crippen LogP contribution in [0.25, 0.3) is 0 Å². The highest BCUT2D eigenvalue weighted by Gasteiger charge is 2.39. The van der Waals surface area contributed by atoms with Gasteiger partial charge < -0.3 is 18.2 Å². The van der Waals surface area contributed by atoms with Crippen LogP contribution in [0.15, 0.2) is 4.99 Å². The maximum Gasteiger partial charge on any atom is 0.500 e. The van der Waals surface area contributed by atoms with E-state index < -0.39 is 8.80 Å². The molecule has 0 unspecified atom stereocenters. The molecule has 0 spiro atoms. The molecular formula is C18H40N2O3Si. The largest absolute Gasteiger partial charge is 0.500 e. The molecule has 0 amide bonds. The fourth-order valence-corrected chi connectivity index (χ4v) is 5.32. The Morgan fingerprint density at radius 3 is 1.83 bits per heavy atom. The van der Waals surface area contributed by atoms with Crippen molar-refractivity contribution in [2.24, 2.45) is 4.99 Å². The minimum Gasteiger partial charge on any atom is -0.374 e. The van der Waals surface area contributed by atoms with Crippen LogP contribution in [0.5, 0.6) is 0 Å². The fraction of sp³-hybridized carbons (Fsp3) is 0.944. The summed E-state index contributed by atoms with van der Waals surface area (Å²) in [7, 11) is -2.50. The Morgan fingerprint density at radius 1 is 0.875 bits per heavy atom. The van der Waals surface area contributed by atoms with Crippen LogP contribution < -0.4 is 0 Å². The molecule has 5 nitrogen and oxygen atoms in total. The zero-order chi connectivity index (χ0) is 18.3. The van der Waals surface area contributed by atoms with Crippen LogP contribution in [0, 0.1) is 0 Å². The van der Waals surface area contributed by atoms with Crippen molar-refractivity contribution < 1.29 is 13.3 Å². The predicted octanol–water partition coefficient (Wildman–Crippen LogP) is 4.01. The zero-order valence-electron chi connectivity index (χ0n) is 16.9. The second-order valence-corrected chi connectivity index (χ2v) is 8.40. The minimum atomic E-state index is -2.50. The van der Waals surface area contributed by atoms with E-state index in [4.69, 9.17) is 18.3 Å². The summed E-state index contributed by atoms with van der Waals surface area (Å²) >= 11 is 0. The SMILES string of the molecule is CCO[Si](CCCN=C(CC)CCN(CC)CC)(OCC)OCC. The quantitative estimate of drug-likeness (QED) is 0.237. The van der Waals surface area contributed by atoms with Crippen LogP contribution in [0.4, 0.5) is 0 Å². The molecule has 0 bridgehead atoms. The second-order valence-electron chi connectivity index (χ2n) is 5.66. The smallest absolute Gasteiger partial charge is 0.374 e. The molecule has 0 aliphatic heterocycles. The van der Waals surface area contributed by atoms with Gasteiger partial charge in [-0.15, -0.1) is 0 Å². The summed E-state index contributed by atoms with van der Waals surface area (Å²) in [5, 5.41) is 0. The lowest BCUT2D eigenvalue weighted by molar-refractivity contribution is 0.0710. The van der Waals surface area contributed by atoms with Crippen molar-refractivity contribution in [2.75, 3.05) is 46.0 Å². The lowest BCUT2D eigenvalue weighted by atomic mass is 10.2. The molecule has 0 saturated carbocycles. The van der Waals surface area contributed by atoms with Gasteiger partial charge in [0.15, 0.2) is 0 Å². The van der Waals surface area contributed by atoms with Crippen molar-refractivity contribution in [1.29, 1.82) is 0 Å². The molecule has 6 heteroatoms. The van der Waals surface area contributed by atoms with Gasteiger partial charge in [0, 0.05) is 44.7 Å². The van der Waals surface area contributed by atoms with E-state index in [0.29, 0.717) is 19.8 Å². The Bertz CT molecular complexity index is 306. The normalized spacial score (nSPS) is 13.0. The lowest BCUT2D eigenvalue weighted by Gasteiger charge is -2.28. The van der Waals surface area contributed by atoms with Crippen LogP contribution in [0.1, 0.15) is 60.8 Å². The number of rotatable bonds is 16. The van der Waals surface area contributed by atoms with Crippen molar-refractivity contribution in [3.63, 3.8) is 0 Å². The summed E-state index contributed by atoms with van der Waals surface area (Å²) in [5.74, 6) is 0. The standard InChI is InChI=1S/C18H40N2O3Si/c1-7-18(14-16-20(8-2)9-3)19-15-13-17-24(21-10-4,22-11-5)23-12-6/h7-17H2,1-6H3. The van der Waals surface area contributed by atoms with Gasteiger partial charge in [0.1, 0.15) is 0 Å². The van der Waals surface area contributed by atoms with Gasteiger partial charge in [0.25, 0.3) is 0 Å². The first kappa shape index (κ1) is 23.7. The highest BCUT2D eigenvalue weighted by molar-refractivity contribution is 6.60. The first-order valence-corrected chi connectivity index (χ1v) is 11.7. The molecule has 0 saturated heterocycles. The van der Waals surface area contributed by atoms with Gasteiger partial charge in [-0.25, -0.2) is 0 Å². The third kappa shape index (κ3) is 9.89. The van der Waals surface area contributed by atoms with E-state index in [9.17, 15) is 0 Å². The molecule has 0 aromatic rings. The van der Waals surface area contributed by atoms with E-state index in [1.54, 1.807) is 0 Å². The number of aliphatic imine (C=N–C) groups is 1. The molecule has 0 aliphatic carbocycles. The highest BCUT2D eigenvalue weighted by Crippen LogP contribution is 2.18. The minimum absolute atomic E-state index is 0.638. The Balaban J connectivity index is 4.44. The average Bonchev–Trinajstić information content (AvgIpc) is 2.58.